The van der Waals surface area contributed by atoms with E-state index < -0.39 is 7.29 Å². The van der Waals surface area contributed by atoms with Crippen molar-refractivity contribution in [1.82, 2.24) is 4.67 Å². The summed E-state index contributed by atoms with van der Waals surface area (Å²) >= 11 is 0. The third-order valence-electron chi connectivity index (χ3n) is 1.66. The standard InChI is InChI=1S/C7H10NOP/c1-4-7-5-8(2)10(3,9)6-7/h1,6H,5H2,2-3H3. The first kappa shape index (κ1) is 7.60. The van der Waals surface area contributed by atoms with Crippen molar-refractivity contribution in [2.45, 2.75) is 0 Å². The molecule has 0 amide bonds. The second kappa shape index (κ2) is 2.27. The Labute approximate surface area is 61.3 Å². The molecule has 0 saturated carbocycles. The minimum atomic E-state index is -2.18. The smallest absolute Gasteiger partial charge is 0.169 e. The van der Waals surface area contributed by atoms with Crippen molar-refractivity contribution in [2.24, 2.45) is 0 Å². The van der Waals surface area contributed by atoms with Gasteiger partial charge < -0.3 is 4.57 Å². The van der Waals surface area contributed by atoms with Crippen LogP contribution < -0.4 is 0 Å². The second-order valence-corrected chi connectivity index (χ2v) is 5.39. The Morgan fingerprint density at radius 2 is 2.50 bits per heavy atom. The molecular weight excluding hydrogens is 145 g/mol. The van der Waals surface area contributed by atoms with Gasteiger partial charge in [0.2, 0.25) is 0 Å². The molecule has 0 aromatic carbocycles. The minimum Gasteiger partial charge on any atom is -0.302 e. The van der Waals surface area contributed by atoms with Gasteiger partial charge in [-0.1, -0.05) is 5.92 Å². The number of hydrogen-bond acceptors (Lipinski definition) is 1. The summed E-state index contributed by atoms with van der Waals surface area (Å²) in [6, 6.07) is 0. The lowest BCUT2D eigenvalue weighted by molar-refractivity contribution is 0.515. The first-order chi connectivity index (χ1) is 4.56. The highest BCUT2D eigenvalue weighted by molar-refractivity contribution is 7.64. The quantitative estimate of drug-likeness (QED) is 0.389. The van der Waals surface area contributed by atoms with E-state index in [2.05, 4.69) is 5.92 Å². The van der Waals surface area contributed by atoms with Crippen molar-refractivity contribution in [3.63, 3.8) is 0 Å². The van der Waals surface area contributed by atoms with E-state index in [-0.39, 0.29) is 0 Å². The van der Waals surface area contributed by atoms with Crippen LogP contribution in [0.3, 0.4) is 0 Å². The van der Waals surface area contributed by atoms with E-state index in [0.29, 0.717) is 6.54 Å². The van der Waals surface area contributed by atoms with Crippen LogP contribution >= 0.6 is 7.29 Å². The van der Waals surface area contributed by atoms with Gasteiger partial charge in [-0.2, -0.15) is 0 Å². The minimum absolute atomic E-state index is 0.657. The van der Waals surface area contributed by atoms with E-state index in [1.165, 1.54) is 0 Å². The van der Waals surface area contributed by atoms with Crippen LogP contribution in [0.2, 0.25) is 0 Å². The van der Waals surface area contributed by atoms with Crippen molar-refractivity contribution >= 4 is 7.29 Å². The molecule has 0 aromatic heterocycles. The van der Waals surface area contributed by atoms with Crippen LogP contribution in [-0.4, -0.2) is 24.9 Å². The second-order valence-electron chi connectivity index (χ2n) is 2.56. The highest BCUT2D eigenvalue weighted by atomic mass is 31.2. The fourth-order valence-corrected chi connectivity index (χ4v) is 2.26. The van der Waals surface area contributed by atoms with Gasteiger partial charge in [0.1, 0.15) is 0 Å². The van der Waals surface area contributed by atoms with E-state index >= 15 is 0 Å². The lowest BCUT2D eigenvalue weighted by Gasteiger charge is -2.13. The third-order valence-corrected chi connectivity index (χ3v) is 3.95. The summed E-state index contributed by atoms with van der Waals surface area (Å²) in [5, 5.41) is 0. The van der Waals surface area contributed by atoms with Gasteiger partial charge in [-0.15, -0.1) is 6.42 Å². The lowest BCUT2D eigenvalue weighted by atomic mass is 10.3. The first-order valence-corrected chi connectivity index (χ1v) is 5.21. The summed E-state index contributed by atoms with van der Waals surface area (Å²) in [5.41, 5.74) is 0.841. The Kier molecular flexibility index (Phi) is 1.72. The monoisotopic (exact) mass is 155 g/mol. The highest BCUT2D eigenvalue weighted by Crippen LogP contribution is 2.51. The summed E-state index contributed by atoms with van der Waals surface area (Å²) in [5.74, 6) is 4.20. The maximum absolute atomic E-state index is 11.5. The fourth-order valence-electron chi connectivity index (χ4n) is 0.898. The molecule has 1 atom stereocenters. The topological polar surface area (TPSA) is 20.3 Å². The summed E-state index contributed by atoms with van der Waals surface area (Å²) < 4.78 is 13.3. The lowest BCUT2D eigenvalue weighted by Crippen LogP contribution is -2.09. The normalized spacial score (nSPS) is 33.5. The molecule has 0 radical (unpaired) electrons. The van der Waals surface area contributed by atoms with E-state index in [1.54, 1.807) is 17.2 Å². The zero-order valence-electron chi connectivity index (χ0n) is 6.16. The molecule has 0 saturated heterocycles. The summed E-state index contributed by atoms with van der Waals surface area (Å²) in [7, 11) is -0.357. The molecule has 1 rings (SSSR count). The van der Waals surface area contributed by atoms with Crippen LogP contribution in [0.5, 0.6) is 0 Å². The predicted molar refractivity (Wildman–Crippen MR) is 43.1 cm³/mol. The van der Waals surface area contributed by atoms with Gasteiger partial charge in [0, 0.05) is 24.6 Å². The molecule has 2 nitrogen and oxygen atoms in total. The molecule has 0 aliphatic carbocycles. The summed E-state index contributed by atoms with van der Waals surface area (Å²) in [4.78, 5) is 0. The molecule has 54 valence electrons. The molecule has 0 N–H and O–H groups in total. The van der Waals surface area contributed by atoms with E-state index in [9.17, 15) is 4.57 Å². The van der Waals surface area contributed by atoms with E-state index in [0.717, 1.165) is 5.57 Å². The van der Waals surface area contributed by atoms with Crippen molar-refractivity contribution in [2.75, 3.05) is 20.3 Å². The van der Waals surface area contributed by atoms with Crippen LogP contribution in [0.4, 0.5) is 0 Å². The molecule has 1 unspecified atom stereocenters. The van der Waals surface area contributed by atoms with Gasteiger partial charge in [0.05, 0.1) is 0 Å². The molecule has 0 spiro atoms. The molecular formula is C7H10NOP. The molecule has 10 heavy (non-hydrogen) atoms. The van der Waals surface area contributed by atoms with Crippen LogP contribution in [0, 0.1) is 12.3 Å². The van der Waals surface area contributed by atoms with Crippen molar-refractivity contribution in [3.05, 3.63) is 11.4 Å². The van der Waals surface area contributed by atoms with Crippen LogP contribution in [0.15, 0.2) is 11.4 Å². The number of nitrogens with zero attached hydrogens (tertiary/aromatic N) is 1. The molecule has 1 aliphatic rings. The van der Waals surface area contributed by atoms with E-state index in [4.69, 9.17) is 6.42 Å². The van der Waals surface area contributed by atoms with Crippen LogP contribution in [0.25, 0.3) is 0 Å². The molecule has 1 aliphatic heterocycles. The average molecular weight is 155 g/mol. The van der Waals surface area contributed by atoms with Crippen LogP contribution in [0.1, 0.15) is 0 Å². The Balaban J connectivity index is 2.95. The van der Waals surface area contributed by atoms with E-state index in [1.807, 2.05) is 7.05 Å². The highest BCUT2D eigenvalue weighted by Gasteiger charge is 2.25. The zero-order chi connectivity index (χ0) is 7.78. The molecule has 3 heteroatoms. The number of terminal acetylenes is 1. The van der Waals surface area contributed by atoms with Gasteiger partial charge in [-0.3, -0.25) is 0 Å². The zero-order valence-corrected chi connectivity index (χ0v) is 7.06. The molecule has 1 heterocycles. The van der Waals surface area contributed by atoms with Crippen LogP contribution in [-0.2, 0) is 4.57 Å². The van der Waals surface area contributed by atoms with Gasteiger partial charge in [0.25, 0.3) is 0 Å². The van der Waals surface area contributed by atoms with Crippen molar-refractivity contribution in [1.29, 1.82) is 0 Å². The summed E-state index contributed by atoms with van der Waals surface area (Å²) in [6.07, 6.45) is 5.15. The maximum atomic E-state index is 11.5. The van der Waals surface area contributed by atoms with Gasteiger partial charge in [-0.05, 0) is 7.05 Å². The molecule has 0 fully saturated rings. The Hall–Kier alpha value is -0.510. The SMILES string of the molecule is C#CC1=CP(C)(=O)N(C)C1. The Morgan fingerprint density at radius 3 is 2.70 bits per heavy atom. The maximum Gasteiger partial charge on any atom is 0.169 e. The van der Waals surface area contributed by atoms with Gasteiger partial charge >= 0.3 is 0 Å². The van der Waals surface area contributed by atoms with Gasteiger partial charge in [-0.25, -0.2) is 4.67 Å². The number of likely N-dealkylation sites (N-methyl/N-ethyl adjacent to an activating group) is 1. The first-order valence-electron chi connectivity index (χ1n) is 3.03. The summed E-state index contributed by atoms with van der Waals surface area (Å²) in [6.45, 7) is 2.38. The van der Waals surface area contributed by atoms with Gasteiger partial charge in [0.15, 0.2) is 7.29 Å². The molecule has 0 aromatic rings. The number of hydrogen-bond donors (Lipinski definition) is 0. The predicted octanol–water partition coefficient (Wildman–Crippen LogP) is 1.36. The molecule has 0 bridgehead atoms. The number of rotatable bonds is 0. The average Bonchev–Trinajstić information content (AvgIpc) is 2.08. The Bertz CT molecular complexity index is 261. The third kappa shape index (κ3) is 1.16. The van der Waals surface area contributed by atoms with Crippen molar-refractivity contribution < 1.29 is 4.57 Å². The Morgan fingerprint density at radius 1 is 1.90 bits per heavy atom. The fraction of sp³-hybridized carbons (Fsp3) is 0.429. The largest absolute Gasteiger partial charge is 0.302 e. The van der Waals surface area contributed by atoms with Crippen molar-refractivity contribution in [3.8, 4) is 12.3 Å².